The van der Waals surface area contributed by atoms with E-state index in [-0.39, 0.29) is 11.8 Å². The lowest BCUT2D eigenvalue weighted by Gasteiger charge is -2.25. The fourth-order valence-electron chi connectivity index (χ4n) is 2.47. The van der Waals surface area contributed by atoms with Crippen LogP contribution in [0.1, 0.15) is 38.8 Å². The molecule has 0 radical (unpaired) electrons. The first-order valence-electron chi connectivity index (χ1n) is 8.22. The van der Waals surface area contributed by atoms with E-state index in [0.717, 1.165) is 20.9 Å². The van der Waals surface area contributed by atoms with Crippen LogP contribution in [0.25, 0.3) is 0 Å². The first-order valence-corrected chi connectivity index (χ1v) is 10.4. The second-order valence-electron chi connectivity index (χ2n) is 7.14. The molecule has 0 saturated heterocycles. The molecule has 0 saturated carbocycles. The molecule has 0 aliphatic heterocycles. The van der Waals surface area contributed by atoms with E-state index in [1.54, 1.807) is 21.6 Å². The minimum absolute atomic E-state index is 0.370. The number of primary amides is 2. The quantitative estimate of drug-likeness (QED) is 0.702. The van der Waals surface area contributed by atoms with Gasteiger partial charge in [0.2, 0.25) is 11.8 Å². The highest BCUT2D eigenvalue weighted by Gasteiger charge is 2.31. The number of hydrogen-bond donors (Lipinski definition) is 2. The Morgan fingerprint density at radius 3 is 1.31 bits per heavy atom. The van der Waals surface area contributed by atoms with Gasteiger partial charge >= 0.3 is 0 Å². The molecule has 6 heteroatoms. The van der Waals surface area contributed by atoms with Crippen molar-refractivity contribution in [3.8, 4) is 0 Å². The first-order chi connectivity index (χ1) is 12.1. The van der Waals surface area contributed by atoms with Gasteiger partial charge in [-0.2, -0.15) is 0 Å². The van der Waals surface area contributed by atoms with Crippen LogP contribution in [0.4, 0.5) is 0 Å². The van der Waals surface area contributed by atoms with Gasteiger partial charge in [0.25, 0.3) is 0 Å². The molecule has 0 fully saturated rings. The van der Waals surface area contributed by atoms with Crippen LogP contribution in [-0.2, 0) is 20.4 Å². The molecule has 0 bridgehead atoms. The van der Waals surface area contributed by atoms with E-state index in [9.17, 15) is 9.59 Å². The molecule has 0 unspecified atom stereocenters. The molecule has 2 amide bonds. The summed E-state index contributed by atoms with van der Waals surface area (Å²) in [7, 11) is 3.09. The molecule has 2 aromatic rings. The van der Waals surface area contributed by atoms with E-state index < -0.39 is 10.8 Å². The predicted octanol–water partition coefficient (Wildman–Crippen LogP) is 4.01. The van der Waals surface area contributed by atoms with Gasteiger partial charge in [-0.3, -0.25) is 9.59 Å². The minimum Gasteiger partial charge on any atom is -0.369 e. The maximum absolute atomic E-state index is 11.9. The molecule has 2 rings (SSSR count). The summed E-state index contributed by atoms with van der Waals surface area (Å²) >= 11 is 0. The molecular formula is C20H24N2O2S2. The Morgan fingerprint density at radius 2 is 1.00 bits per heavy atom. The van der Waals surface area contributed by atoms with Crippen molar-refractivity contribution in [3.63, 3.8) is 0 Å². The number of carbonyl (C=O) groups is 2. The number of rotatable bonds is 7. The van der Waals surface area contributed by atoms with Gasteiger partial charge in [-0.05, 0) is 51.0 Å². The molecule has 0 spiro atoms. The maximum atomic E-state index is 11.9. The van der Waals surface area contributed by atoms with Crippen molar-refractivity contribution in [3.05, 3.63) is 59.7 Å². The van der Waals surface area contributed by atoms with E-state index in [2.05, 4.69) is 0 Å². The molecule has 0 atom stereocenters. The molecule has 2 aromatic carbocycles. The lowest BCUT2D eigenvalue weighted by atomic mass is 9.84. The normalized spacial score (nSPS) is 12.0. The van der Waals surface area contributed by atoms with Crippen molar-refractivity contribution in [2.45, 2.75) is 48.3 Å². The summed E-state index contributed by atoms with van der Waals surface area (Å²) in [5.41, 5.74) is 11.4. The standard InChI is InChI=1S/C20H24N2O2S2/c1-19(2,17(21)23)13-9-5-7-11-15(13)25-26-16-12-8-6-10-14(16)20(3,4)18(22)24/h5-12H,1-4H3,(H2,21,23)(H2,22,24). The van der Waals surface area contributed by atoms with Crippen molar-refractivity contribution in [1.82, 2.24) is 0 Å². The number of hydrogen-bond acceptors (Lipinski definition) is 4. The van der Waals surface area contributed by atoms with Gasteiger partial charge in [-0.1, -0.05) is 58.0 Å². The van der Waals surface area contributed by atoms with Crippen molar-refractivity contribution in [1.29, 1.82) is 0 Å². The van der Waals surface area contributed by atoms with Crippen LogP contribution in [-0.4, -0.2) is 11.8 Å². The maximum Gasteiger partial charge on any atom is 0.227 e. The highest BCUT2D eigenvalue weighted by atomic mass is 33.1. The molecule has 4 N–H and O–H groups in total. The molecule has 138 valence electrons. The Labute approximate surface area is 162 Å². The van der Waals surface area contributed by atoms with E-state index in [4.69, 9.17) is 11.5 Å². The molecule has 0 aliphatic rings. The third-order valence-electron chi connectivity index (χ3n) is 4.57. The third-order valence-corrected chi connectivity index (χ3v) is 7.06. The zero-order chi connectivity index (χ0) is 19.5. The Hall–Kier alpha value is -1.92. The van der Waals surface area contributed by atoms with Crippen molar-refractivity contribution in [2.75, 3.05) is 0 Å². The van der Waals surface area contributed by atoms with Gasteiger partial charge in [-0.15, -0.1) is 0 Å². The second kappa shape index (κ2) is 7.76. The minimum atomic E-state index is -0.768. The summed E-state index contributed by atoms with van der Waals surface area (Å²) in [5.74, 6) is -0.739. The Kier molecular flexibility index (Phi) is 6.09. The van der Waals surface area contributed by atoms with Crippen LogP contribution in [0.3, 0.4) is 0 Å². The fraction of sp³-hybridized carbons (Fsp3) is 0.300. The van der Waals surface area contributed by atoms with E-state index >= 15 is 0 Å². The van der Waals surface area contributed by atoms with Crippen molar-refractivity contribution >= 4 is 33.4 Å². The summed E-state index contributed by atoms with van der Waals surface area (Å²) < 4.78 is 0. The van der Waals surface area contributed by atoms with Crippen molar-refractivity contribution < 1.29 is 9.59 Å². The van der Waals surface area contributed by atoms with Gasteiger partial charge < -0.3 is 11.5 Å². The van der Waals surface area contributed by atoms with Gasteiger partial charge in [0, 0.05) is 9.79 Å². The summed E-state index contributed by atoms with van der Waals surface area (Å²) in [4.78, 5) is 25.7. The molecule has 0 aliphatic carbocycles. The summed E-state index contributed by atoms with van der Waals surface area (Å²) in [5, 5.41) is 0. The Bertz CT molecular complexity index is 763. The average molecular weight is 389 g/mol. The van der Waals surface area contributed by atoms with Crippen LogP contribution < -0.4 is 11.5 Å². The van der Waals surface area contributed by atoms with Crippen LogP contribution in [0, 0.1) is 0 Å². The molecule has 4 nitrogen and oxygen atoms in total. The average Bonchev–Trinajstić information content (AvgIpc) is 2.60. The van der Waals surface area contributed by atoms with Crippen LogP contribution in [0.5, 0.6) is 0 Å². The molecule has 26 heavy (non-hydrogen) atoms. The number of benzene rings is 2. The first kappa shape index (κ1) is 20.4. The summed E-state index contributed by atoms with van der Waals surface area (Å²) in [6.07, 6.45) is 0. The van der Waals surface area contributed by atoms with Crippen molar-refractivity contribution in [2.24, 2.45) is 11.5 Å². The zero-order valence-electron chi connectivity index (χ0n) is 15.4. The number of nitrogens with two attached hydrogens (primary N) is 2. The number of amides is 2. The summed E-state index contributed by atoms with van der Waals surface area (Å²) in [6.45, 7) is 7.29. The molecular weight excluding hydrogens is 364 g/mol. The van der Waals surface area contributed by atoms with Crippen LogP contribution >= 0.6 is 21.6 Å². The third kappa shape index (κ3) is 4.07. The van der Waals surface area contributed by atoms with Crippen LogP contribution in [0.15, 0.2) is 58.3 Å². The Balaban J connectivity index is 2.35. The monoisotopic (exact) mass is 388 g/mol. The second-order valence-corrected chi connectivity index (χ2v) is 9.35. The molecule has 0 heterocycles. The van der Waals surface area contributed by atoms with E-state index in [0.29, 0.717) is 0 Å². The largest absolute Gasteiger partial charge is 0.369 e. The van der Waals surface area contributed by atoms with Gasteiger partial charge in [-0.25, -0.2) is 0 Å². The summed E-state index contributed by atoms with van der Waals surface area (Å²) in [6, 6.07) is 15.5. The van der Waals surface area contributed by atoms with Crippen LogP contribution in [0.2, 0.25) is 0 Å². The smallest absolute Gasteiger partial charge is 0.227 e. The zero-order valence-corrected chi connectivity index (χ0v) is 17.0. The van der Waals surface area contributed by atoms with E-state index in [1.807, 2.05) is 76.2 Å². The topological polar surface area (TPSA) is 86.2 Å². The van der Waals surface area contributed by atoms with Gasteiger partial charge in [0.05, 0.1) is 10.8 Å². The SMILES string of the molecule is CC(C)(C(N)=O)c1ccccc1SSc1ccccc1C(C)(C)C(N)=O. The predicted molar refractivity (Wildman–Crippen MR) is 109 cm³/mol. The Morgan fingerprint density at radius 1 is 0.692 bits per heavy atom. The highest BCUT2D eigenvalue weighted by molar-refractivity contribution is 8.76. The molecule has 0 aromatic heterocycles. The van der Waals surface area contributed by atoms with Gasteiger partial charge in [0.1, 0.15) is 0 Å². The lowest BCUT2D eigenvalue weighted by molar-refractivity contribution is -0.123. The lowest BCUT2D eigenvalue weighted by Crippen LogP contribution is -2.36. The van der Waals surface area contributed by atoms with Gasteiger partial charge in [0.15, 0.2) is 0 Å². The number of carbonyl (C=O) groups excluding carboxylic acids is 2. The fourth-order valence-corrected chi connectivity index (χ4v) is 5.15. The highest BCUT2D eigenvalue weighted by Crippen LogP contribution is 2.45. The van der Waals surface area contributed by atoms with E-state index in [1.165, 1.54) is 0 Å².